The van der Waals surface area contributed by atoms with Gasteiger partial charge >= 0.3 is 0 Å². The van der Waals surface area contributed by atoms with E-state index in [1.54, 1.807) is 18.0 Å². The van der Waals surface area contributed by atoms with Crippen LogP contribution in [0.4, 0.5) is 0 Å². The number of benzene rings is 1. The van der Waals surface area contributed by atoms with Crippen molar-refractivity contribution < 1.29 is 9.59 Å². The highest BCUT2D eigenvalue weighted by Gasteiger charge is 2.26. The van der Waals surface area contributed by atoms with Crippen LogP contribution in [-0.2, 0) is 11.2 Å². The molecule has 1 aliphatic heterocycles. The molecule has 0 bridgehead atoms. The van der Waals surface area contributed by atoms with Crippen LogP contribution in [0, 0.1) is 0 Å². The van der Waals surface area contributed by atoms with Crippen LogP contribution in [0.5, 0.6) is 0 Å². The van der Waals surface area contributed by atoms with Crippen molar-refractivity contribution in [2.75, 3.05) is 26.2 Å². The average Bonchev–Trinajstić information content (AvgIpc) is 3.06. The highest BCUT2D eigenvalue weighted by atomic mass is 35.5. The summed E-state index contributed by atoms with van der Waals surface area (Å²) in [5.74, 6) is 0.0381. The second-order valence-electron chi connectivity index (χ2n) is 6.44. The second kappa shape index (κ2) is 7.91. The van der Waals surface area contributed by atoms with Gasteiger partial charge in [0, 0.05) is 38.1 Å². The Hall–Kier alpha value is -2.34. The third-order valence-electron chi connectivity index (χ3n) is 4.67. The van der Waals surface area contributed by atoms with E-state index in [9.17, 15) is 9.59 Å². The Morgan fingerprint density at radius 2 is 1.69 bits per heavy atom. The second-order valence-corrected chi connectivity index (χ2v) is 6.88. The molecule has 1 aliphatic rings. The standard InChI is InChI=1S/C19H23ClN4O2/c1-3-4-18-17(13-21-24(18)16-7-5-15(20)6-8-16)19(26)23-11-9-22(10-12-23)14(2)25/h5-8,13H,3-4,9-12H2,1-2H3. The normalized spacial score (nSPS) is 14.6. The number of carbonyl (C=O) groups excluding carboxylic acids is 2. The van der Waals surface area contributed by atoms with E-state index in [0.29, 0.717) is 36.8 Å². The molecular weight excluding hydrogens is 352 g/mol. The van der Waals surface area contributed by atoms with E-state index in [4.69, 9.17) is 11.6 Å². The fraction of sp³-hybridized carbons (Fsp3) is 0.421. The van der Waals surface area contributed by atoms with Gasteiger partial charge in [-0.05, 0) is 30.7 Å². The lowest BCUT2D eigenvalue weighted by atomic mass is 10.1. The lowest BCUT2D eigenvalue weighted by Crippen LogP contribution is -2.50. The Morgan fingerprint density at radius 1 is 1.08 bits per heavy atom. The molecule has 1 fully saturated rings. The van der Waals surface area contributed by atoms with Gasteiger partial charge in [0.15, 0.2) is 0 Å². The molecule has 2 heterocycles. The van der Waals surface area contributed by atoms with Gasteiger partial charge in [0.05, 0.1) is 23.1 Å². The van der Waals surface area contributed by atoms with Crippen LogP contribution in [0.3, 0.4) is 0 Å². The Balaban J connectivity index is 1.84. The topological polar surface area (TPSA) is 58.4 Å². The van der Waals surface area contributed by atoms with Crippen LogP contribution in [0.25, 0.3) is 5.69 Å². The molecule has 6 nitrogen and oxygen atoms in total. The Kier molecular flexibility index (Phi) is 5.61. The van der Waals surface area contributed by atoms with Gasteiger partial charge in [0.1, 0.15) is 0 Å². The van der Waals surface area contributed by atoms with Gasteiger partial charge in [0.2, 0.25) is 5.91 Å². The molecule has 26 heavy (non-hydrogen) atoms. The molecule has 0 atom stereocenters. The number of rotatable bonds is 4. The number of aromatic nitrogens is 2. The number of piperazine rings is 1. The molecule has 3 rings (SSSR count). The molecule has 1 saturated heterocycles. The van der Waals surface area contributed by atoms with E-state index in [-0.39, 0.29) is 11.8 Å². The zero-order valence-electron chi connectivity index (χ0n) is 15.1. The summed E-state index contributed by atoms with van der Waals surface area (Å²) in [5.41, 5.74) is 2.44. The predicted molar refractivity (Wildman–Crippen MR) is 101 cm³/mol. The fourth-order valence-electron chi connectivity index (χ4n) is 3.23. The number of hydrogen-bond donors (Lipinski definition) is 0. The number of carbonyl (C=O) groups is 2. The van der Waals surface area contributed by atoms with Gasteiger partial charge in [-0.2, -0.15) is 5.10 Å². The number of halogens is 1. The van der Waals surface area contributed by atoms with E-state index in [1.807, 2.05) is 33.8 Å². The summed E-state index contributed by atoms with van der Waals surface area (Å²) >= 11 is 5.97. The average molecular weight is 375 g/mol. The van der Waals surface area contributed by atoms with Gasteiger partial charge in [-0.1, -0.05) is 24.9 Å². The minimum absolute atomic E-state index is 0.0168. The van der Waals surface area contributed by atoms with E-state index in [2.05, 4.69) is 12.0 Å². The number of hydrogen-bond acceptors (Lipinski definition) is 3. The van der Waals surface area contributed by atoms with E-state index < -0.39 is 0 Å². The van der Waals surface area contributed by atoms with Crippen molar-refractivity contribution in [2.24, 2.45) is 0 Å². The van der Waals surface area contributed by atoms with E-state index in [0.717, 1.165) is 24.2 Å². The largest absolute Gasteiger partial charge is 0.339 e. The molecule has 0 spiro atoms. The fourth-order valence-corrected chi connectivity index (χ4v) is 3.36. The van der Waals surface area contributed by atoms with Crippen LogP contribution in [0.1, 0.15) is 36.3 Å². The SMILES string of the molecule is CCCc1c(C(=O)N2CCN(C(C)=O)CC2)cnn1-c1ccc(Cl)cc1. The first-order valence-electron chi connectivity index (χ1n) is 8.89. The molecule has 0 saturated carbocycles. The zero-order valence-corrected chi connectivity index (χ0v) is 15.9. The first kappa shape index (κ1) is 18.5. The summed E-state index contributed by atoms with van der Waals surface area (Å²) in [4.78, 5) is 28.1. The van der Waals surface area contributed by atoms with Crippen molar-refractivity contribution in [3.8, 4) is 5.69 Å². The van der Waals surface area contributed by atoms with Crippen molar-refractivity contribution in [1.82, 2.24) is 19.6 Å². The third kappa shape index (κ3) is 3.75. The Morgan fingerprint density at radius 3 is 2.27 bits per heavy atom. The maximum Gasteiger partial charge on any atom is 0.257 e. The van der Waals surface area contributed by atoms with Gasteiger partial charge in [-0.15, -0.1) is 0 Å². The molecule has 2 aromatic rings. The molecule has 0 unspecified atom stereocenters. The summed E-state index contributed by atoms with van der Waals surface area (Å²) < 4.78 is 1.82. The summed E-state index contributed by atoms with van der Waals surface area (Å²) in [5, 5.41) is 5.12. The van der Waals surface area contributed by atoms with Crippen LogP contribution in [-0.4, -0.2) is 57.6 Å². The van der Waals surface area contributed by atoms with Gasteiger partial charge in [0.25, 0.3) is 5.91 Å². The monoisotopic (exact) mass is 374 g/mol. The number of nitrogens with zero attached hydrogens (tertiary/aromatic N) is 4. The van der Waals surface area contributed by atoms with Crippen LogP contribution >= 0.6 is 11.6 Å². The van der Waals surface area contributed by atoms with E-state index >= 15 is 0 Å². The van der Waals surface area contributed by atoms with Crippen molar-refractivity contribution in [1.29, 1.82) is 0 Å². The predicted octanol–water partition coefficient (Wildman–Crippen LogP) is 2.78. The lowest BCUT2D eigenvalue weighted by molar-refractivity contribution is -0.130. The minimum Gasteiger partial charge on any atom is -0.339 e. The summed E-state index contributed by atoms with van der Waals surface area (Å²) in [6, 6.07) is 7.43. The lowest BCUT2D eigenvalue weighted by Gasteiger charge is -2.34. The Bertz CT molecular complexity index is 792. The molecule has 0 N–H and O–H groups in total. The van der Waals surface area contributed by atoms with Crippen LogP contribution < -0.4 is 0 Å². The van der Waals surface area contributed by atoms with E-state index in [1.165, 1.54) is 0 Å². The van der Waals surface area contributed by atoms with Gasteiger partial charge in [-0.3, -0.25) is 9.59 Å². The highest BCUT2D eigenvalue weighted by molar-refractivity contribution is 6.30. The third-order valence-corrected chi connectivity index (χ3v) is 4.92. The summed E-state index contributed by atoms with van der Waals surface area (Å²) in [6.45, 7) is 5.91. The molecule has 1 aromatic heterocycles. The summed E-state index contributed by atoms with van der Waals surface area (Å²) in [7, 11) is 0. The molecule has 0 aliphatic carbocycles. The van der Waals surface area contributed by atoms with Gasteiger partial charge < -0.3 is 9.80 Å². The quantitative estimate of drug-likeness (QED) is 0.826. The van der Waals surface area contributed by atoms with Crippen molar-refractivity contribution in [2.45, 2.75) is 26.7 Å². The molecule has 2 amide bonds. The summed E-state index contributed by atoms with van der Waals surface area (Å²) in [6.07, 6.45) is 3.33. The molecule has 138 valence electrons. The minimum atomic E-state index is -0.0168. The van der Waals surface area contributed by atoms with Crippen LogP contribution in [0.2, 0.25) is 5.02 Å². The maximum absolute atomic E-state index is 13.0. The Labute approximate surface area is 158 Å². The van der Waals surface area contributed by atoms with Crippen molar-refractivity contribution in [3.05, 3.63) is 46.7 Å². The molecule has 1 aromatic carbocycles. The first-order chi connectivity index (χ1) is 12.5. The zero-order chi connectivity index (χ0) is 18.7. The molecule has 7 heteroatoms. The molecule has 0 radical (unpaired) electrons. The van der Waals surface area contributed by atoms with Crippen molar-refractivity contribution in [3.63, 3.8) is 0 Å². The number of amides is 2. The highest BCUT2D eigenvalue weighted by Crippen LogP contribution is 2.20. The van der Waals surface area contributed by atoms with Crippen LogP contribution in [0.15, 0.2) is 30.5 Å². The first-order valence-corrected chi connectivity index (χ1v) is 9.26. The molecular formula is C19H23ClN4O2. The van der Waals surface area contributed by atoms with Gasteiger partial charge in [-0.25, -0.2) is 4.68 Å². The van der Waals surface area contributed by atoms with Crippen molar-refractivity contribution >= 4 is 23.4 Å². The smallest absolute Gasteiger partial charge is 0.257 e. The maximum atomic E-state index is 13.0.